The number of ether oxygens (including phenoxy) is 1. The van der Waals surface area contributed by atoms with Crippen molar-refractivity contribution in [2.24, 2.45) is 17.8 Å². The van der Waals surface area contributed by atoms with Crippen molar-refractivity contribution in [1.29, 1.82) is 0 Å². The molecule has 3 amide bonds. The molecule has 7 nitrogen and oxygen atoms in total. The third kappa shape index (κ3) is 4.03. The highest BCUT2D eigenvalue weighted by molar-refractivity contribution is 6.23. The van der Waals surface area contributed by atoms with Crippen LogP contribution in [0.5, 0.6) is 5.75 Å². The summed E-state index contributed by atoms with van der Waals surface area (Å²) in [4.78, 5) is 57.4. The molecular weight excluding hydrogens is 564 g/mol. The van der Waals surface area contributed by atoms with E-state index in [1.807, 2.05) is 63.2 Å². The molecule has 45 heavy (non-hydrogen) atoms. The summed E-state index contributed by atoms with van der Waals surface area (Å²) in [6, 6.07) is 27.3. The van der Waals surface area contributed by atoms with Crippen LogP contribution in [0.1, 0.15) is 57.2 Å². The Hall–Kier alpha value is -5.04. The number of esters is 1. The molecule has 2 aliphatic heterocycles. The highest BCUT2D eigenvalue weighted by atomic mass is 16.5. The summed E-state index contributed by atoms with van der Waals surface area (Å²) in [6.07, 6.45) is 0.0793. The van der Waals surface area contributed by atoms with Gasteiger partial charge in [-0.2, -0.15) is 0 Å². The maximum absolute atomic E-state index is 14.2. The Morgan fingerprint density at radius 1 is 0.689 bits per heavy atom. The fourth-order valence-corrected chi connectivity index (χ4v) is 8.17. The van der Waals surface area contributed by atoms with E-state index in [4.69, 9.17) is 4.74 Å². The van der Waals surface area contributed by atoms with Gasteiger partial charge in [0.05, 0.1) is 23.4 Å². The van der Waals surface area contributed by atoms with Gasteiger partial charge in [-0.15, -0.1) is 0 Å². The second kappa shape index (κ2) is 9.99. The number of amides is 3. The van der Waals surface area contributed by atoms with Crippen LogP contribution in [0.15, 0.2) is 84.9 Å². The van der Waals surface area contributed by atoms with E-state index in [2.05, 4.69) is 24.3 Å². The number of benzene rings is 4. The summed E-state index contributed by atoms with van der Waals surface area (Å²) in [5, 5.41) is 0. The summed E-state index contributed by atoms with van der Waals surface area (Å²) in [5.41, 5.74) is 8.51. The van der Waals surface area contributed by atoms with Crippen LogP contribution in [0.2, 0.25) is 0 Å². The Morgan fingerprint density at radius 3 is 1.82 bits per heavy atom. The summed E-state index contributed by atoms with van der Waals surface area (Å²) in [5.74, 6) is -2.53. The number of hydrogen-bond donors (Lipinski definition) is 0. The predicted octanol–water partition coefficient (Wildman–Crippen LogP) is 5.97. The van der Waals surface area contributed by atoms with Crippen molar-refractivity contribution in [1.82, 2.24) is 0 Å². The van der Waals surface area contributed by atoms with Gasteiger partial charge in [-0.05, 0) is 84.0 Å². The number of hydrogen-bond acceptors (Lipinski definition) is 5. The lowest BCUT2D eigenvalue weighted by molar-refractivity contribution is -0.139. The van der Waals surface area contributed by atoms with Gasteiger partial charge in [0.1, 0.15) is 5.75 Å². The molecule has 0 unspecified atom stereocenters. The van der Waals surface area contributed by atoms with Crippen LogP contribution < -0.4 is 14.5 Å². The van der Waals surface area contributed by atoms with E-state index in [1.165, 1.54) is 4.90 Å². The Labute approximate surface area is 261 Å². The number of imide groups is 1. The number of nitrogens with zero attached hydrogens (tertiary/aromatic N) is 2. The second-order valence-electron chi connectivity index (χ2n) is 12.8. The largest absolute Gasteiger partial charge is 0.426 e. The van der Waals surface area contributed by atoms with E-state index in [-0.39, 0.29) is 42.5 Å². The lowest BCUT2D eigenvalue weighted by Crippen LogP contribution is -2.41. The van der Waals surface area contributed by atoms with Crippen molar-refractivity contribution in [2.75, 3.05) is 16.3 Å². The summed E-state index contributed by atoms with van der Waals surface area (Å²) < 4.78 is 5.75. The van der Waals surface area contributed by atoms with Crippen LogP contribution in [0, 0.1) is 38.5 Å². The van der Waals surface area contributed by atoms with Crippen molar-refractivity contribution in [3.05, 3.63) is 124 Å². The normalized spacial score (nSPS) is 24.5. The number of carbonyl (C=O) groups excluding carboxylic acids is 4. The summed E-state index contributed by atoms with van der Waals surface area (Å²) >= 11 is 0. The summed E-state index contributed by atoms with van der Waals surface area (Å²) in [7, 11) is 0. The highest BCUT2D eigenvalue weighted by Crippen LogP contribution is 2.61. The SMILES string of the molecule is Cc1ccc(C)c(N2C[C@H](C(=O)Oc3ccc(N4C(=O)[C@@H]5C6c7ccccc7C(c7ccccc76)[C@H]5C4=O)c(C)c3)CC2=O)c1. The molecule has 2 saturated heterocycles. The lowest BCUT2D eigenvalue weighted by atomic mass is 9.55. The van der Waals surface area contributed by atoms with Crippen molar-refractivity contribution in [3.8, 4) is 5.75 Å². The lowest BCUT2D eigenvalue weighted by Gasteiger charge is -2.45. The van der Waals surface area contributed by atoms with Crippen LogP contribution in [0.25, 0.3) is 0 Å². The van der Waals surface area contributed by atoms with Gasteiger partial charge in [-0.25, -0.2) is 4.90 Å². The Balaban J connectivity index is 1.04. The van der Waals surface area contributed by atoms with E-state index >= 15 is 0 Å². The Bertz CT molecular complexity index is 1850. The maximum atomic E-state index is 14.2. The first-order valence-electron chi connectivity index (χ1n) is 15.5. The molecule has 224 valence electrons. The fraction of sp³-hybridized carbons (Fsp3) is 0.263. The molecule has 2 heterocycles. The minimum absolute atomic E-state index is 0.0793. The third-order valence-electron chi connectivity index (χ3n) is 10.2. The average molecular weight is 597 g/mol. The Morgan fingerprint density at radius 2 is 1.27 bits per heavy atom. The molecule has 0 aromatic heterocycles. The van der Waals surface area contributed by atoms with E-state index in [0.717, 1.165) is 39.1 Å². The zero-order valence-corrected chi connectivity index (χ0v) is 25.3. The molecule has 3 aliphatic carbocycles. The molecule has 0 spiro atoms. The van der Waals surface area contributed by atoms with Crippen LogP contribution in [0.4, 0.5) is 11.4 Å². The first-order chi connectivity index (χ1) is 21.7. The smallest absolute Gasteiger partial charge is 0.316 e. The van der Waals surface area contributed by atoms with Gasteiger partial charge in [0, 0.05) is 30.5 Å². The third-order valence-corrected chi connectivity index (χ3v) is 10.2. The molecule has 4 aromatic rings. The van der Waals surface area contributed by atoms with Crippen molar-refractivity contribution >= 4 is 35.1 Å². The highest BCUT2D eigenvalue weighted by Gasteiger charge is 2.61. The molecule has 2 bridgehead atoms. The molecule has 0 saturated carbocycles. The monoisotopic (exact) mass is 596 g/mol. The molecule has 3 atom stereocenters. The van der Waals surface area contributed by atoms with E-state index in [9.17, 15) is 19.2 Å². The molecule has 9 rings (SSSR count). The molecule has 2 fully saturated rings. The summed E-state index contributed by atoms with van der Waals surface area (Å²) in [6.45, 7) is 5.99. The van der Waals surface area contributed by atoms with Gasteiger partial charge in [-0.1, -0.05) is 60.7 Å². The fourth-order valence-electron chi connectivity index (χ4n) is 8.17. The molecule has 5 aliphatic rings. The maximum Gasteiger partial charge on any atom is 0.316 e. The zero-order chi connectivity index (χ0) is 31.1. The van der Waals surface area contributed by atoms with E-state index < -0.39 is 23.7 Å². The number of aryl methyl sites for hydroxylation is 3. The number of anilines is 2. The van der Waals surface area contributed by atoms with Crippen LogP contribution >= 0.6 is 0 Å². The first kappa shape index (κ1) is 27.5. The molecular formula is C38H32N2O5. The first-order valence-corrected chi connectivity index (χ1v) is 15.5. The van der Waals surface area contributed by atoms with E-state index in [0.29, 0.717) is 17.0 Å². The standard InChI is InChI=1S/C38H32N2O5/c1-20-12-13-21(2)30(16-20)39-19-23(18-31(39)41)38(44)45-24-14-15-29(22(3)17-24)40-36(42)34-32-25-8-4-5-9-26(25)33(35(34)37(40)43)28-11-7-6-10-27(28)32/h4-17,23,32-35H,18-19H2,1-3H3/t23-,32?,33?,34-,35-/m1/s1. The van der Waals surface area contributed by atoms with Crippen molar-refractivity contribution in [2.45, 2.75) is 39.0 Å². The van der Waals surface area contributed by atoms with Crippen LogP contribution in [0.3, 0.4) is 0 Å². The molecule has 4 aromatic carbocycles. The van der Waals surface area contributed by atoms with E-state index in [1.54, 1.807) is 23.1 Å². The quantitative estimate of drug-likeness (QED) is 0.165. The van der Waals surface area contributed by atoms with Gasteiger partial charge >= 0.3 is 5.97 Å². The van der Waals surface area contributed by atoms with Crippen molar-refractivity contribution in [3.63, 3.8) is 0 Å². The van der Waals surface area contributed by atoms with Gasteiger partial charge in [-0.3, -0.25) is 19.2 Å². The average Bonchev–Trinajstić information content (AvgIpc) is 3.55. The number of rotatable bonds is 4. The van der Waals surface area contributed by atoms with Crippen LogP contribution in [-0.2, 0) is 19.2 Å². The number of carbonyl (C=O) groups is 4. The predicted molar refractivity (Wildman–Crippen MR) is 169 cm³/mol. The molecule has 0 N–H and O–H groups in total. The molecule has 0 radical (unpaired) electrons. The van der Waals surface area contributed by atoms with Gasteiger partial charge in [0.2, 0.25) is 17.7 Å². The minimum atomic E-state index is -0.596. The second-order valence-corrected chi connectivity index (χ2v) is 12.8. The van der Waals surface area contributed by atoms with Crippen molar-refractivity contribution < 1.29 is 23.9 Å². The zero-order valence-electron chi connectivity index (χ0n) is 25.3. The topological polar surface area (TPSA) is 84.0 Å². The van der Waals surface area contributed by atoms with Crippen LogP contribution in [-0.4, -0.2) is 30.2 Å². The van der Waals surface area contributed by atoms with Gasteiger partial charge in [0.15, 0.2) is 0 Å². The van der Waals surface area contributed by atoms with Gasteiger partial charge in [0.25, 0.3) is 0 Å². The Kier molecular flexibility index (Phi) is 6.11. The molecule has 7 heteroatoms. The van der Waals surface area contributed by atoms with Gasteiger partial charge < -0.3 is 9.64 Å². The minimum Gasteiger partial charge on any atom is -0.426 e.